The molecule has 2 atom stereocenters. The maximum Gasteiger partial charge on any atom is 0.327 e. The molecule has 0 aromatic heterocycles. The van der Waals surface area contributed by atoms with E-state index in [4.69, 9.17) is 0 Å². The molecule has 3 rings (SSSR count). The van der Waals surface area contributed by atoms with Crippen LogP contribution in [0.5, 0.6) is 0 Å². The number of benzene rings is 1. The Balaban J connectivity index is 1.61. The molecule has 2 fully saturated rings. The minimum Gasteiger partial charge on any atom is -0.356 e. The lowest BCUT2D eigenvalue weighted by Gasteiger charge is -2.46. The fraction of sp³-hybridized carbons (Fsp3) is 0.615. The number of anilines is 1. The summed E-state index contributed by atoms with van der Waals surface area (Å²) in [6.45, 7) is 4.92. The van der Waals surface area contributed by atoms with Gasteiger partial charge in [0.1, 0.15) is 6.54 Å². The first-order valence-electron chi connectivity index (χ1n) is 12.6. The van der Waals surface area contributed by atoms with Gasteiger partial charge in [0.25, 0.3) is 0 Å². The molecule has 9 heteroatoms. The summed E-state index contributed by atoms with van der Waals surface area (Å²) in [4.78, 5) is 55.3. The van der Waals surface area contributed by atoms with Gasteiger partial charge in [-0.3, -0.25) is 19.3 Å². The first-order chi connectivity index (χ1) is 16.8. The standard InChI is InChI=1S/C26H38N4O4S/c1-18(2)16-27-23(31)13-6-7-14-29-25(33)21-11-4-5-12-22(21)30(26(29)34)17-24(32)28-19-9-8-10-20(15-19)35-3/h8-10,15,18,21-22H,4-7,11-14,16-17H2,1-3H3,(H,27,31)(H,28,32). The van der Waals surface area contributed by atoms with Crippen molar-refractivity contribution in [3.8, 4) is 0 Å². The van der Waals surface area contributed by atoms with E-state index in [0.717, 1.165) is 30.6 Å². The number of carbonyl (C=O) groups excluding carboxylic acids is 4. The fourth-order valence-electron chi connectivity index (χ4n) is 4.77. The molecule has 192 valence electrons. The second-order valence-corrected chi connectivity index (χ2v) is 10.7. The van der Waals surface area contributed by atoms with Gasteiger partial charge in [-0.05, 0) is 56.1 Å². The molecule has 1 saturated carbocycles. The predicted octanol–water partition coefficient (Wildman–Crippen LogP) is 4.11. The zero-order valence-electron chi connectivity index (χ0n) is 21.0. The Hall–Kier alpha value is -2.55. The molecule has 2 unspecified atom stereocenters. The summed E-state index contributed by atoms with van der Waals surface area (Å²) in [5.41, 5.74) is 0.690. The Labute approximate surface area is 212 Å². The molecule has 1 saturated heterocycles. The van der Waals surface area contributed by atoms with E-state index in [2.05, 4.69) is 10.6 Å². The third-order valence-electron chi connectivity index (χ3n) is 6.60. The average Bonchev–Trinajstić information content (AvgIpc) is 2.84. The van der Waals surface area contributed by atoms with Gasteiger partial charge in [0.2, 0.25) is 17.7 Å². The summed E-state index contributed by atoms with van der Waals surface area (Å²) in [7, 11) is 0. The van der Waals surface area contributed by atoms with Gasteiger partial charge in [0, 0.05) is 36.1 Å². The van der Waals surface area contributed by atoms with Crippen LogP contribution in [0.15, 0.2) is 29.2 Å². The molecule has 1 heterocycles. The van der Waals surface area contributed by atoms with Gasteiger partial charge in [0.05, 0.1) is 5.92 Å². The van der Waals surface area contributed by atoms with Crippen LogP contribution in [0.25, 0.3) is 0 Å². The Bertz CT molecular complexity index is 922. The second kappa shape index (κ2) is 13.0. The summed E-state index contributed by atoms with van der Waals surface area (Å²) in [5, 5.41) is 5.79. The van der Waals surface area contributed by atoms with Crippen molar-refractivity contribution in [1.82, 2.24) is 15.1 Å². The van der Waals surface area contributed by atoms with Crippen LogP contribution in [-0.4, -0.2) is 65.5 Å². The van der Waals surface area contributed by atoms with Crippen LogP contribution in [0.4, 0.5) is 10.5 Å². The molecule has 8 nitrogen and oxygen atoms in total. The topological polar surface area (TPSA) is 98.8 Å². The predicted molar refractivity (Wildman–Crippen MR) is 138 cm³/mol. The van der Waals surface area contributed by atoms with Crippen molar-refractivity contribution in [2.24, 2.45) is 11.8 Å². The number of imide groups is 1. The van der Waals surface area contributed by atoms with Crippen molar-refractivity contribution < 1.29 is 19.2 Å². The lowest BCUT2D eigenvalue weighted by Crippen LogP contribution is -2.63. The number of carbonyl (C=O) groups is 4. The Morgan fingerprint density at radius 1 is 1.11 bits per heavy atom. The maximum atomic E-state index is 13.4. The van der Waals surface area contributed by atoms with Crippen molar-refractivity contribution in [3.63, 3.8) is 0 Å². The number of amides is 5. The lowest BCUT2D eigenvalue weighted by atomic mass is 9.81. The Morgan fingerprint density at radius 2 is 1.89 bits per heavy atom. The van der Waals surface area contributed by atoms with E-state index in [-0.39, 0.29) is 42.8 Å². The van der Waals surface area contributed by atoms with Gasteiger partial charge in [0.15, 0.2) is 0 Å². The number of hydrogen-bond donors (Lipinski definition) is 2. The molecule has 1 aromatic rings. The molecule has 35 heavy (non-hydrogen) atoms. The number of fused-ring (bicyclic) bond motifs is 1. The molecule has 1 aliphatic carbocycles. The van der Waals surface area contributed by atoms with Crippen molar-refractivity contribution in [3.05, 3.63) is 24.3 Å². The van der Waals surface area contributed by atoms with E-state index >= 15 is 0 Å². The highest BCUT2D eigenvalue weighted by molar-refractivity contribution is 7.98. The lowest BCUT2D eigenvalue weighted by molar-refractivity contribution is -0.141. The van der Waals surface area contributed by atoms with Crippen LogP contribution in [0.3, 0.4) is 0 Å². The molecule has 0 bridgehead atoms. The second-order valence-electron chi connectivity index (χ2n) is 9.79. The zero-order valence-corrected chi connectivity index (χ0v) is 21.9. The SMILES string of the molecule is CSc1cccc(NC(=O)CN2C(=O)N(CCCCC(=O)NCC(C)C)C(=O)C3CCCCC32)c1. The minimum atomic E-state index is -0.393. The smallest absolute Gasteiger partial charge is 0.327 e. The van der Waals surface area contributed by atoms with Crippen molar-refractivity contribution in [2.45, 2.75) is 69.7 Å². The molecule has 2 N–H and O–H groups in total. The molecular formula is C26H38N4O4S. The summed E-state index contributed by atoms with van der Waals surface area (Å²) >= 11 is 1.59. The van der Waals surface area contributed by atoms with E-state index in [0.29, 0.717) is 37.4 Å². The molecule has 2 aliphatic rings. The van der Waals surface area contributed by atoms with Gasteiger partial charge < -0.3 is 15.5 Å². The molecule has 0 spiro atoms. The third-order valence-corrected chi connectivity index (χ3v) is 7.33. The summed E-state index contributed by atoms with van der Waals surface area (Å²) in [6.07, 6.45) is 6.87. The molecule has 1 aliphatic heterocycles. The molecule has 1 aromatic carbocycles. The number of nitrogens with one attached hydrogen (secondary N) is 2. The van der Waals surface area contributed by atoms with Crippen LogP contribution < -0.4 is 10.6 Å². The summed E-state index contributed by atoms with van der Waals surface area (Å²) in [5.74, 6) is -0.274. The minimum absolute atomic E-state index is 0.00816. The Morgan fingerprint density at radius 3 is 2.63 bits per heavy atom. The number of unbranched alkanes of at least 4 members (excludes halogenated alkanes) is 1. The van der Waals surface area contributed by atoms with Gasteiger partial charge in [-0.2, -0.15) is 0 Å². The summed E-state index contributed by atoms with van der Waals surface area (Å²) < 4.78 is 0. The monoisotopic (exact) mass is 502 g/mol. The third kappa shape index (κ3) is 7.46. The van der Waals surface area contributed by atoms with Crippen LogP contribution in [0, 0.1) is 11.8 Å². The molecular weight excluding hydrogens is 464 g/mol. The van der Waals surface area contributed by atoms with Crippen LogP contribution in [0.1, 0.15) is 58.8 Å². The Kier molecular flexibility index (Phi) is 10.0. The quantitative estimate of drug-likeness (QED) is 0.350. The van der Waals surface area contributed by atoms with E-state index < -0.39 is 6.03 Å². The van der Waals surface area contributed by atoms with Gasteiger partial charge in [-0.15, -0.1) is 11.8 Å². The van der Waals surface area contributed by atoms with E-state index in [1.165, 1.54) is 4.90 Å². The van der Waals surface area contributed by atoms with Crippen molar-refractivity contribution >= 4 is 41.2 Å². The van der Waals surface area contributed by atoms with Gasteiger partial charge >= 0.3 is 6.03 Å². The molecule has 5 amide bonds. The zero-order chi connectivity index (χ0) is 25.4. The highest BCUT2D eigenvalue weighted by Crippen LogP contribution is 2.34. The normalized spacial score (nSPS) is 20.1. The number of rotatable bonds is 11. The maximum absolute atomic E-state index is 13.4. The first-order valence-corrected chi connectivity index (χ1v) is 13.8. The average molecular weight is 503 g/mol. The molecule has 0 radical (unpaired) electrons. The number of urea groups is 1. The van der Waals surface area contributed by atoms with Crippen molar-refractivity contribution in [2.75, 3.05) is 31.2 Å². The first kappa shape index (κ1) is 27.0. The van der Waals surface area contributed by atoms with Crippen LogP contribution in [-0.2, 0) is 14.4 Å². The number of nitrogens with zero attached hydrogens (tertiary/aromatic N) is 2. The van der Waals surface area contributed by atoms with Gasteiger partial charge in [-0.1, -0.05) is 32.8 Å². The van der Waals surface area contributed by atoms with Crippen LogP contribution >= 0.6 is 11.8 Å². The largest absolute Gasteiger partial charge is 0.356 e. The van der Waals surface area contributed by atoms with E-state index in [1.807, 2.05) is 44.4 Å². The van der Waals surface area contributed by atoms with Gasteiger partial charge in [-0.25, -0.2) is 4.79 Å². The highest BCUT2D eigenvalue weighted by atomic mass is 32.2. The number of hydrogen-bond acceptors (Lipinski definition) is 5. The van der Waals surface area contributed by atoms with E-state index in [1.54, 1.807) is 16.7 Å². The van der Waals surface area contributed by atoms with Crippen molar-refractivity contribution in [1.29, 1.82) is 0 Å². The van der Waals surface area contributed by atoms with E-state index in [9.17, 15) is 19.2 Å². The van der Waals surface area contributed by atoms with Crippen LogP contribution in [0.2, 0.25) is 0 Å². The summed E-state index contributed by atoms with van der Waals surface area (Å²) in [6, 6.07) is 6.95. The highest BCUT2D eigenvalue weighted by Gasteiger charge is 2.47. The fourth-order valence-corrected chi connectivity index (χ4v) is 5.23. The number of thioether (sulfide) groups is 1.